The van der Waals surface area contributed by atoms with E-state index in [1.54, 1.807) is 29.1 Å². The van der Waals surface area contributed by atoms with Gasteiger partial charge in [0.05, 0.1) is 5.25 Å². The van der Waals surface area contributed by atoms with Crippen LogP contribution in [0.15, 0.2) is 29.7 Å². The third kappa shape index (κ3) is 2.94. The number of ether oxygens (including phenoxy) is 2. The largest absolute Gasteiger partial charge is 0.454 e. The van der Waals surface area contributed by atoms with Crippen molar-refractivity contribution in [3.05, 3.63) is 24.5 Å². The standard InChI is InChI=1S/C13H14N4O3S/c1-8(21-13-16-14-6-17(13)2)12(18)15-9-3-4-10-11(5-9)20-7-19-10/h3-6,8H,7H2,1-2H3,(H,15,18)/t8-/m0/s1. The molecule has 3 rings (SSSR count). The van der Waals surface area contributed by atoms with Gasteiger partial charge < -0.3 is 19.4 Å². The molecule has 1 aromatic heterocycles. The number of thioether (sulfide) groups is 1. The van der Waals surface area contributed by atoms with Crippen molar-refractivity contribution in [2.24, 2.45) is 7.05 Å². The fraction of sp³-hybridized carbons (Fsp3) is 0.308. The number of hydrogen-bond acceptors (Lipinski definition) is 6. The van der Waals surface area contributed by atoms with Crippen LogP contribution < -0.4 is 14.8 Å². The maximum atomic E-state index is 12.2. The van der Waals surface area contributed by atoms with Crippen LogP contribution in [0.3, 0.4) is 0 Å². The van der Waals surface area contributed by atoms with Crippen molar-refractivity contribution in [1.82, 2.24) is 14.8 Å². The molecule has 1 aliphatic heterocycles. The lowest BCUT2D eigenvalue weighted by atomic mass is 10.2. The van der Waals surface area contributed by atoms with Gasteiger partial charge in [-0.1, -0.05) is 11.8 Å². The van der Waals surface area contributed by atoms with E-state index in [0.717, 1.165) is 0 Å². The van der Waals surface area contributed by atoms with Gasteiger partial charge in [0.1, 0.15) is 6.33 Å². The molecular formula is C13H14N4O3S. The molecule has 0 spiro atoms. The lowest BCUT2D eigenvalue weighted by Crippen LogP contribution is -2.22. The molecule has 0 saturated heterocycles. The van der Waals surface area contributed by atoms with E-state index in [2.05, 4.69) is 15.5 Å². The molecule has 7 nitrogen and oxygen atoms in total. The molecule has 0 radical (unpaired) electrons. The maximum absolute atomic E-state index is 12.2. The van der Waals surface area contributed by atoms with Gasteiger partial charge in [-0.2, -0.15) is 0 Å². The van der Waals surface area contributed by atoms with E-state index < -0.39 is 0 Å². The molecule has 2 aromatic rings. The molecule has 0 unspecified atom stereocenters. The van der Waals surface area contributed by atoms with E-state index in [0.29, 0.717) is 22.3 Å². The molecule has 1 aliphatic rings. The zero-order chi connectivity index (χ0) is 14.8. The zero-order valence-corrected chi connectivity index (χ0v) is 12.4. The number of aryl methyl sites for hydroxylation is 1. The fourth-order valence-electron chi connectivity index (χ4n) is 1.81. The minimum atomic E-state index is -0.293. The van der Waals surface area contributed by atoms with Crippen LogP contribution in [0, 0.1) is 0 Å². The number of anilines is 1. The number of carbonyl (C=O) groups excluding carboxylic acids is 1. The first kappa shape index (κ1) is 13.7. The highest BCUT2D eigenvalue weighted by Crippen LogP contribution is 2.34. The van der Waals surface area contributed by atoms with Crippen LogP contribution in [0.5, 0.6) is 11.5 Å². The Morgan fingerprint density at radius 2 is 2.24 bits per heavy atom. The molecule has 1 amide bonds. The van der Waals surface area contributed by atoms with Gasteiger partial charge >= 0.3 is 0 Å². The molecule has 21 heavy (non-hydrogen) atoms. The lowest BCUT2D eigenvalue weighted by molar-refractivity contribution is -0.115. The van der Waals surface area contributed by atoms with E-state index in [-0.39, 0.29) is 18.0 Å². The summed E-state index contributed by atoms with van der Waals surface area (Å²) >= 11 is 1.35. The second-order valence-electron chi connectivity index (χ2n) is 4.54. The average molecular weight is 306 g/mol. The van der Waals surface area contributed by atoms with Crippen LogP contribution in [-0.4, -0.2) is 32.7 Å². The van der Waals surface area contributed by atoms with Crippen molar-refractivity contribution in [3.63, 3.8) is 0 Å². The Labute approximate surface area is 125 Å². The van der Waals surface area contributed by atoms with Crippen molar-refractivity contribution < 1.29 is 14.3 Å². The molecule has 1 N–H and O–H groups in total. The maximum Gasteiger partial charge on any atom is 0.237 e. The second kappa shape index (κ2) is 5.65. The Morgan fingerprint density at radius 3 is 3.00 bits per heavy atom. The van der Waals surface area contributed by atoms with E-state index >= 15 is 0 Å². The summed E-state index contributed by atoms with van der Waals surface area (Å²) in [4.78, 5) is 12.2. The molecule has 1 atom stereocenters. The predicted molar refractivity (Wildman–Crippen MR) is 77.5 cm³/mol. The topological polar surface area (TPSA) is 78.3 Å². The van der Waals surface area contributed by atoms with E-state index in [1.165, 1.54) is 11.8 Å². The zero-order valence-electron chi connectivity index (χ0n) is 11.6. The first-order valence-electron chi connectivity index (χ1n) is 6.34. The number of aromatic nitrogens is 3. The van der Waals surface area contributed by atoms with Gasteiger partial charge in [0.15, 0.2) is 16.7 Å². The summed E-state index contributed by atoms with van der Waals surface area (Å²) in [6, 6.07) is 5.31. The highest BCUT2D eigenvalue weighted by Gasteiger charge is 2.19. The van der Waals surface area contributed by atoms with Crippen LogP contribution >= 0.6 is 11.8 Å². The fourth-order valence-corrected chi connectivity index (χ4v) is 2.60. The SMILES string of the molecule is C[C@H](Sc1nncn1C)C(=O)Nc1ccc2c(c1)OCO2. The van der Waals surface area contributed by atoms with Gasteiger partial charge in [-0.05, 0) is 19.1 Å². The summed E-state index contributed by atoms with van der Waals surface area (Å²) in [5, 5.41) is 11.0. The van der Waals surface area contributed by atoms with Gasteiger partial charge in [-0.15, -0.1) is 10.2 Å². The molecule has 0 saturated carbocycles. The van der Waals surface area contributed by atoms with Crippen molar-refractivity contribution in [1.29, 1.82) is 0 Å². The molecule has 0 bridgehead atoms. The number of nitrogens with one attached hydrogen (secondary N) is 1. The smallest absolute Gasteiger partial charge is 0.237 e. The van der Waals surface area contributed by atoms with E-state index in [4.69, 9.17) is 9.47 Å². The van der Waals surface area contributed by atoms with Crippen LogP contribution in [-0.2, 0) is 11.8 Å². The molecule has 0 fully saturated rings. The van der Waals surface area contributed by atoms with Gasteiger partial charge in [0.25, 0.3) is 0 Å². The van der Waals surface area contributed by atoms with Crippen molar-refractivity contribution in [2.75, 3.05) is 12.1 Å². The highest BCUT2D eigenvalue weighted by atomic mass is 32.2. The number of carbonyl (C=O) groups is 1. The number of fused-ring (bicyclic) bond motifs is 1. The number of nitrogens with zero attached hydrogens (tertiary/aromatic N) is 3. The number of benzene rings is 1. The predicted octanol–water partition coefficient (Wildman–Crippen LogP) is 1.66. The first-order chi connectivity index (χ1) is 10.1. The normalized spacial score (nSPS) is 14.0. The first-order valence-corrected chi connectivity index (χ1v) is 7.22. The summed E-state index contributed by atoms with van der Waals surface area (Å²) in [6.45, 7) is 2.03. The molecule has 1 aromatic carbocycles. The molecule has 2 heterocycles. The second-order valence-corrected chi connectivity index (χ2v) is 5.85. The third-order valence-corrected chi connectivity index (χ3v) is 4.11. The van der Waals surface area contributed by atoms with Gasteiger partial charge in [0.2, 0.25) is 12.7 Å². The number of rotatable bonds is 4. The lowest BCUT2D eigenvalue weighted by Gasteiger charge is -2.11. The van der Waals surface area contributed by atoms with Gasteiger partial charge in [0, 0.05) is 18.8 Å². The Kier molecular flexibility index (Phi) is 3.70. The van der Waals surface area contributed by atoms with Crippen LogP contribution in [0.2, 0.25) is 0 Å². The molecule has 0 aliphatic carbocycles. The van der Waals surface area contributed by atoms with Crippen LogP contribution in [0.4, 0.5) is 5.69 Å². The van der Waals surface area contributed by atoms with Crippen molar-refractivity contribution >= 4 is 23.4 Å². The number of hydrogen-bond donors (Lipinski definition) is 1. The average Bonchev–Trinajstić information content (AvgIpc) is 3.07. The van der Waals surface area contributed by atoms with Gasteiger partial charge in [-0.25, -0.2) is 0 Å². The van der Waals surface area contributed by atoms with Crippen LogP contribution in [0.1, 0.15) is 6.92 Å². The molecule has 110 valence electrons. The molecule has 8 heteroatoms. The Balaban J connectivity index is 1.64. The summed E-state index contributed by atoms with van der Waals surface area (Å²) in [5.74, 6) is 1.22. The minimum absolute atomic E-state index is 0.109. The Bertz CT molecular complexity index is 673. The minimum Gasteiger partial charge on any atom is -0.454 e. The summed E-state index contributed by atoms with van der Waals surface area (Å²) in [7, 11) is 1.84. The van der Waals surface area contributed by atoms with E-state index in [1.807, 2.05) is 14.0 Å². The monoisotopic (exact) mass is 306 g/mol. The summed E-state index contributed by atoms with van der Waals surface area (Å²) < 4.78 is 12.3. The quantitative estimate of drug-likeness (QED) is 0.866. The van der Waals surface area contributed by atoms with Crippen molar-refractivity contribution in [2.45, 2.75) is 17.3 Å². The van der Waals surface area contributed by atoms with Crippen molar-refractivity contribution in [3.8, 4) is 11.5 Å². The third-order valence-electron chi connectivity index (χ3n) is 2.96. The highest BCUT2D eigenvalue weighted by molar-refractivity contribution is 8.00. The van der Waals surface area contributed by atoms with Gasteiger partial charge in [-0.3, -0.25) is 4.79 Å². The Hall–Kier alpha value is -2.22. The summed E-state index contributed by atoms with van der Waals surface area (Å²) in [6.07, 6.45) is 1.60. The molecular weight excluding hydrogens is 292 g/mol. The van der Waals surface area contributed by atoms with E-state index in [9.17, 15) is 4.79 Å². The number of amides is 1. The summed E-state index contributed by atoms with van der Waals surface area (Å²) in [5.41, 5.74) is 0.676. The van der Waals surface area contributed by atoms with Crippen LogP contribution in [0.25, 0.3) is 0 Å². The Morgan fingerprint density at radius 1 is 1.43 bits per heavy atom.